The van der Waals surface area contributed by atoms with Gasteiger partial charge in [0.05, 0.1) is 0 Å². The Hall–Kier alpha value is 0.392. The van der Waals surface area contributed by atoms with E-state index in [1.165, 1.54) is 0 Å². The topological polar surface area (TPSA) is 37.3 Å². The summed E-state index contributed by atoms with van der Waals surface area (Å²) in [5.41, 5.74) is 0. The minimum atomic E-state index is -0.833. The Morgan fingerprint density at radius 3 is 2.00 bits per heavy atom. The Bertz CT molecular complexity index is 38.3. The van der Waals surface area contributed by atoms with Crippen LogP contribution in [0.1, 0.15) is 11.2 Å². The van der Waals surface area contributed by atoms with Gasteiger partial charge in [0, 0.05) is 34.2 Å². The second kappa shape index (κ2) is 4.39. The number of aliphatic carboxylic acids is 1. The van der Waals surface area contributed by atoms with Crippen molar-refractivity contribution in [3.63, 3.8) is 0 Å². The first-order valence-corrected chi connectivity index (χ1v) is 0.928. The minimum Gasteiger partial charge on any atom is -1.00 e. The molecule has 0 bridgehead atoms. The van der Waals surface area contributed by atoms with Crippen molar-refractivity contribution in [2.45, 2.75) is 6.92 Å². The Morgan fingerprint density at radius 1 is 2.00 bits per heavy atom. The number of carbonyl (C=O) groups is 1. The minimum absolute atomic E-state index is 0. The van der Waals surface area contributed by atoms with Crippen LogP contribution in [0.15, 0.2) is 0 Å². The number of hydrogen-bond acceptors (Lipinski definition) is 1. The molecule has 0 aliphatic rings. The molecule has 0 rings (SSSR count). The Kier molecular flexibility index (Phi) is 7.94. The monoisotopic (exact) mass is 271 g/mol. The van der Waals surface area contributed by atoms with Crippen LogP contribution < -0.4 is 0 Å². The van der Waals surface area contributed by atoms with Gasteiger partial charge < -0.3 is 9.39 Å². The van der Waals surface area contributed by atoms with Gasteiger partial charge in [0.1, 0.15) is 0 Å². The largest absolute Gasteiger partial charge is 1.00 e. The average Bonchev–Trinajstić information content (AvgIpc) is 0.811. The van der Waals surface area contributed by atoms with Gasteiger partial charge in [-0.25, -0.2) is 0 Å². The van der Waals surface area contributed by atoms with E-state index >= 15 is 0 Å². The number of carboxylic acids is 1. The molecule has 0 unspecified atom stereocenters. The molecule has 0 aromatic carbocycles. The summed E-state index contributed by atoms with van der Waals surface area (Å²) in [5, 5.41) is 7.42. The van der Waals surface area contributed by atoms with E-state index in [0.29, 0.717) is 0 Å². The van der Waals surface area contributed by atoms with E-state index in [1.807, 2.05) is 0 Å². The van der Waals surface area contributed by atoms with E-state index in [9.17, 15) is 0 Å². The van der Waals surface area contributed by atoms with Crippen LogP contribution in [0.4, 0.5) is 0 Å². The van der Waals surface area contributed by atoms with Crippen molar-refractivity contribution in [3.8, 4) is 0 Å². The molecular weight excluding hydrogens is 263 g/mol. The van der Waals surface area contributed by atoms with Crippen LogP contribution in [0.2, 0.25) is 0 Å². The van der Waals surface area contributed by atoms with Crippen molar-refractivity contribution in [3.05, 3.63) is 0 Å². The molecule has 0 amide bonds. The van der Waals surface area contributed by atoms with Gasteiger partial charge in [0.25, 0.3) is 5.97 Å². The molecule has 2 nitrogen and oxygen atoms in total. The molecule has 0 aliphatic carbocycles. The Balaban J connectivity index is -0.00000000750. The quantitative estimate of drug-likeness (QED) is 0.631. The zero-order valence-electron chi connectivity index (χ0n) is 5.86. The molecule has 3 heteroatoms. The van der Waals surface area contributed by atoms with Crippen LogP contribution in [-0.2, 0) is 4.79 Å². The zero-order valence-corrected chi connectivity index (χ0v) is 6.74. The normalized spacial score (nSPS) is 5.00. The van der Waals surface area contributed by atoms with Gasteiger partial charge in [-0.15, -0.1) is 0 Å². The van der Waals surface area contributed by atoms with E-state index in [1.54, 1.807) is 0 Å². The molecule has 1 N–H and O–H groups in total. The summed E-state index contributed by atoms with van der Waals surface area (Å²) < 4.78 is 0. The maximum absolute atomic E-state index is 9.00. The van der Waals surface area contributed by atoms with E-state index in [2.05, 4.69) is 0 Å². The van der Waals surface area contributed by atoms with Gasteiger partial charge in [0.2, 0.25) is 0 Å². The van der Waals surface area contributed by atoms with Crippen molar-refractivity contribution in [2.24, 2.45) is 0 Å². The maximum atomic E-state index is 9.00. The second-order valence-corrected chi connectivity index (χ2v) is 0.519. The van der Waals surface area contributed by atoms with Gasteiger partial charge >= 0.3 is 0 Å². The smallest absolute Gasteiger partial charge is 0.300 e. The van der Waals surface area contributed by atoms with Crippen molar-refractivity contribution in [1.82, 2.24) is 0 Å². The summed E-state index contributed by atoms with van der Waals surface area (Å²) in [5.74, 6) is -0.833. The first kappa shape index (κ1) is 9.04. The fourth-order valence-corrected chi connectivity index (χ4v) is 0. The van der Waals surface area contributed by atoms with Gasteiger partial charge in [-0.1, -0.05) is 0 Å². The number of hydrogen-bond donors (Lipinski definition) is 1. The molecule has 0 aliphatic heterocycles. The summed E-state index contributed by atoms with van der Waals surface area (Å²) >= 11 is 0. The number of rotatable bonds is 0. The van der Waals surface area contributed by atoms with Gasteiger partial charge in [-0.05, 0) is 0 Å². The summed E-state index contributed by atoms with van der Waals surface area (Å²) in [6, 6.07) is 0. The van der Waals surface area contributed by atoms with Crippen LogP contribution in [0.3, 0.4) is 0 Å². The van der Waals surface area contributed by atoms with Crippen LogP contribution in [-0.4, -0.2) is 38.4 Å². The molecule has 0 fully saturated rings. The molecule has 0 spiro atoms. The van der Waals surface area contributed by atoms with Crippen LogP contribution in [0.25, 0.3) is 0 Å². The standard InChI is InChI=1S/C2H4O2.Pb.3H/c1-2(3)4;;;;/h1H3,(H,3,4);;;;/q;;3*-1. The van der Waals surface area contributed by atoms with Gasteiger partial charge in [-0.3, -0.25) is 4.79 Å². The third kappa shape index (κ3) is 163. The van der Waals surface area contributed by atoms with Crippen LogP contribution in [0.5, 0.6) is 0 Å². The van der Waals surface area contributed by atoms with E-state index < -0.39 is 5.97 Å². The van der Waals surface area contributed by atoms with E-state index in [0.717, 1.165) is 6.92 Å². The summed E-state index contributed by atoms with van der Waals surface area (Å²) in [6.07, 6.45) is 0. The van der Waals surface area contributed by atoms with Gasteiger partial charge in [0.15, 0.2) is 0 Å². The zero-order chi connectivity index (χ0) is 3.58. The molecule has 0 heterocycles. The van der Waals surface area contributed by atoms with E-state index in [-0.39, 0.29) is 31.6 Å². The third-order valence-electron chi connectivity index (χ3n) is 0. The molecule has 0 saturated heterocycles. The molecule has 5 heavy (non-hydrogen) atoms. The molecule has 0 aromatic heterocycles. The third-order valence-corrected chi connectivity index (χ3v) is 0. The molecule has 0 atom stereocenters. The summed E-state index contributed by atoms with van der Waals surface area (Å²) in [4.78, 5) is 9.00. The van der Waals surface area contributed by atoms with Crippen molar-refractivity contribution in [2.75, 3.05) is 0 Å². The Labute approximate surface area is 54.8 Å². The Morgan fingerprint density at radius 2 is 2.00 bits per heavy atom. The maximum Gasteiger partial charge on any atom is 0.300 e. The van der Waals surface area contributed by atoms with Crippen LogP contribution in [0, 0.1) is 0 Å². The predicted octanol–water partition coefficient (Wildman–Crippen LogP) is 0.0476. The molecule has 4 radical (unpaired) electrons. The van der Waals surface area contributed by atoms with Crippen molar-refractivity contribution < 1.29 is 14.2 Å². The summed E-state index contributed by atoms with van der Waals surface area (Å²) in [6.45, 7) is 1.08. The SMILES string of the molecule is CC(=O)O.[H-].[H-].[H-].[Pb]. The van der Waals surface area contributed by atoms with Crippen molar-refractivity contribution >= 4 is 33.3 Å². The molecule has 34 valence electrons. The first-order valence-electron chi connectivity index (χ1n) is 0.928. The van der Waals surface area contributed by atoms with Crippen LogP contribution >= 0.6 is 0 Å². The summed E-state index contributed by atoms with van der Waals surface area (Å²) in [7, 11) is 0. The fourth-order valence-electron chi connectivity index (χ4n) is 0. The molecule has 0 aromatic rings. The molecule has 0 saturated carbocycles. The first-order chi connectivity index (χ1) is 1.73. The van der Waals surface area contributed by atoms with E-state index in [4.69, 9.17) is 9.90 Å². The second-order valence-electron chi connectivity index (χ2n) is 0.519. The fraction of sp³-hybridized carbons (Fsp3) is 0.500. The van der Waals surface area contributed by atoms with Crippen molar-refractivity contribution in [1.29, 1.82) is 0 Å². The number of carboxylic acid groups (broad SMARTS) is 1. The average molecular weight is 270 g/mol. The molecular formula is C2H7O2Pb-3. The van der Waals surface area contributed by atoms with Gasteiger partial charge in [-0.2, -0.15) is 0 Å². The predicted molar refractivity (Wildman–Crippen MR) is 22.4 cm³/mol.